The molecule has 10 heteroatoms. The Labute approximate surface area is 281 Å². The Balaban J connectivity index is -0.00000420. The molecule has 0 radical (unpaired) electrons. The Morgan fingerprint density at radius 2 is 1.25 bits per heavy atom. The molecule has 0 saturated carbocycles. The molecule has 0 fully saturated rings. The zero-order chi connectivity index (χ0) is 23.2. The third kappa shape index (κ3) is 19.0. The summed E-state index contributed by atoms with van der Waals surface area (Å²) in [6.45, 7) is 11.6. The zero-order valence-corrected chi connectivity index (χ0v) is 29.6. The molecular weight excluding hydrogens is 500 g/mol. The van der Waals surface area contributed by atoms with Gasteiger partial charge in [0, 0.05) is 0 Å². The van der Waals surface area contributed by atoms with E-state index in [1.807, 2.05) is 6.92 Å². The molecule has 0 aromatic rings. The Hall–Kier alpha value is 2.79. The fraction of sp³-hybridized carbons (Fsp3) is 0.727. The van der Waals surface area contributed by atoms with Gasteiger partial charge in [-0.05, 0) is 86.5 Å². The minimum absolute atomic E-state index is 0. The zero-order valence-electron chi connectivity index (χ0n) is 21.5. The fourth-order valence-electron chi connectivity index (χ4n) is 3.05. The van der Waals surface area contributed by atoms with E-state index in [0.717, 1.165) is 25.7 Å². The van der Waals surface area contributed by atoms with Crippen molar-refractivity contribution in [2.45, 2.75) is 91.9 Å². The average Bonchev–Trinajstić information content (AvgIpc) is 2.60. The molecule has 0 amide bonds. The molecule has 0 rings (SSSR count). The van der Waals surface area contributed by atoms with E-state index in [0.29, 0.717) is 12.8 Å². The SMILES string of the molecule is CCOP(=O)(OCC)C(CCC/C=C(\C)CC/C=C(\C)CCC=C(C)C)P(=O)([O-])[O-].[K+].[K+]. The molecule has 1 atom stereocenters. The van der Waals surface area contributed by atoms with Gasteiger partial charge in [-0.1, -0.05) is 42.5 Å². The molecule has 6 nitrogen and oxygen atoms in total. The molecule has 0 saturated heterocycles. The topological polar surface area (TPSA) is 98.7 Å². The van der Waals surface area contributed by atoms with E-state index < -0.39 is 20.6 Å². The van der Waals surface area contributed by atoms with Crippen molar-refractivity contribution >= 4 is 15.2 Å². The van der Waals surface area contributed by atoms with Gasteiger partial charge in [-0.2, -0.15) is 0 Å². The van der Waals surface area contributed by atoms with E-state index in [1.165, 1.54) is 16.7 Å². The maximum atomic E-state index is 12.8. The van der Waals surface area contributed by atoms with E-state index in [-0.39, 0.29) is 122 Å². The van der Waals surface area contributed by atoms with E-state index in [9.17, 15) is 18.9 Å². The number of allylic oxidation sites excluding steroid dienone is 6. The van der Waals surface area contributed by atoms with Crippen LogP contribution in [0.15, 0.2) is 34.9 Å². The van der Waals surface area contributed by atoms with E-state index in [2.05, 4.69) is 39.0 Å². The molecule has 176 valence electrons. The number of hydrogen-bond acceptors (Lipinski definition) is 6. The van der Waals surface area contributed by atoms with Crippen LogP contribution in [0.25, 0.3) is 0 Å². The van der Waals surface area contributed by atoms with Crippen LogP contribution in [0.2, 0.25) is 0 Å². The van der Waals surface area contributed by atoms with Crippen molar-refractivity contribution in [1.82, 2.24) is 0 Å². The van der Waals surface area contributed by atoms with Crippen LogP contribution in [0.3, 0.4) is 0 Å². The van der Waals surface area contributed by atoms with Crippen LogP contribution < -0.4 is 113 Å². The monoisotopic (exact) mass is 540 g/mol. The Kier molecular flexibility index (Phi) is 26.8. The molecule has 1 unspecified atom stereocenters. The van der Waals surface area contributed by atoms with Gasteiger partial charge < -0.3 is 23.4 Å². The molecule has 0 aliphatic rings. The maximum Gasteiger partial charge on any atom is 1.00 e. The molecule has 32 heavy (non-hydrogen) atoms. The van der Waals surface area contributed by atoms with Crippen LogP contribution in [0.1, 0.15) is 86.5 Å². The van der Waals surface area contributed by atoms with Gasteiger partial charge >= 0.3 is 110 Å². The van der Waals surface area contributed by atoms with Crippen LogP contribution in [-0.4, -0.2) is 18.6 Å². The quantitative estimate of drug-likeness (QED) is 0.119. The molecule has 0 aromatic carbocycles. The molecule has 0 aliphatic carbocycles. The van der Waals surface area contributed by atoms with Gasteiger partial charge in [-0.3, -0.25) is 4.57 Å². The minimum Gasteiger partial charge on any atom is -0.810 e. The second-order valence-corrected chi connectivity index (χ2v) is 12.1. The third-order valence-electron chi connectivity index (χ3n) is 4.63. The van der Waals surface area contributed by atoms with Crippen LogP contribution in [0.4, 0.5) is 0 Å². The predicted octanol–water partition coefficient (Wildman–Crippen LogP) is 0.0898. The molecule has 0 spiro atoms. The standard InChI is InChI=1S/C22H42O6P2.2K/c1-7-27-30(26,28-8-2)22(29(23,24)25)18-10-9-14-20(5)16-12-17-21(6)15-11-13-19(3)4;;/h13-14,17,22H,7-12,15-16,18H2,1-6H3,(H2,23,24,25);;/q;2*+1/p-2/b20-14+,21-17+;;. The van der Waals surface area contributed by atoms with Crippen molar-refractivity contribution in [3.63, 3.8) is 0 Å². The van der Waals surface area contributed by atoms with Crippen LogP contribution in [-0.2, 0) is 18.2 Å². The first-order chi connectivity index (χ1) is 14.0. The van der Waals surface area contributed by atoms with Gasteiger partial charge in [-0.15, -0.1) is 0 Å². The first-order valence-corrected chi connectivity index (χ1v) is 14.0. The van der Waals surface area contributed by atoms with Crippen LogP contribution in [0.5, 0.6) is 0 Å². The molecule has 0 aliphatic heterocycles. The van der Waals surface area contributed by atoms with Crippen molar-refractivity contribution in [3.05, 3.63) is 34.9 Å². The van der Waals surface area contributed by atoms with Crippen molar-refractivity contribution in [2.75, 3.05) is 13.2 Å². The summed E-state index contributed by atoms with van der Waals surface area (Å²) in [6.07, 6.45) is 11.6. The van der Waals surface area contributed by atoms with Gasteiger partial charge in [0.15, 0.2) is 0 Å². The summed E-state index contributed by atoms with van der Waals surface area (Å²) in [5, 5.41) is -1.63. The molecule has 0 bridgehead atoms. The summed E-state index contributed by atoms with van der Waals surface area (Å²) >= 11 is 0. The first kappa shape index (κ1) is 39.3. The fourth-order valence-corrected chi connectivity index (χ4v) is 6.97. The largest absolute Gasteiger partial charge is 1.00 e. The van der Waals surface area contributed by atoms with Gasteiger partial charge in [0.25, 0.3) is 0 Å². The van der Waals surface area contributed by atoms with Crippen molar-refractivity contribution in [1.29, 1.82) is 0 Å². The van der Waals surface area contributed by atoms with Gasteiger partial charge in [0.05, 0.1) is 18.6 Å². The normalized spacial score (nSPS) is 13.8. The number of unbranched alkanes of at least 4 members (excludes halogenated alkanes) is 1. The second-order valence-electron chi connectivity index (χ2n) is 7.79. The average molecular weight is 541 g/mol. The molecule has 0 N–H and O–H groups in total. The summed E-state index contributed by atoms with van der Waals surface area (Å²) in [7, 11) is -9.09. The van der Waals surface area contributed by atoms with E-state index >= 15 is 0 Å². The van der Waals surface area contributed by atoms with Crippen LogP contribution >= 0.6 is 15.2 Å². The second kappa shape index (κ2) is 21.8. The molecule has 0 aromatic heterocycles. The van der Waals surface area contributed by atoms with Crippen molar-refractivity contribution in [2.24, 2.45) is 0 Å². The summed E-state index contributed by atoms with van der Waals surface area (Å²) in [4.78, 5) is 23.4. The predicted molar refractivity (Wildman–Crippen MR) is 122 cm³/mol. The number of rotatable bonds is 16. The van der Waals surface area contributed by atoms with Gasteiger partial charge in [0.1, 0.15) is 0 Å². The third-order valence-corrected chi connectivity index (χ3v) is 9.54. The Bertz CT molecular complexity index is 672. The summed E-state index contributed by atoms with van der Waals surface area (Å²) in [6, 6.07) is 0. The maximum absolute atomic E-state index is 12.8. The van der Waals surface area contributed by atoms with Gasteiger partial charge in [0.2, 0.25) is 0 Å². The van der Waals surface area contributed by atoms with E-state index in [4.69, 9.17) is 9.05 Å². The van der Waals surface area contributed by atoms with E-state index in [1.54, 1.807) is 13.8 Å². The summed E-state index contributed by atoms with van der Waals surface area (Å²) < 4.78 is 34.6. The van der Waals surface area contributed by atoms with Crippen molar-refractivity contribution < 1.29 is 131 Å². The molecular formula is C22H40K2O6P2. The summed E-state index contributed by atoms with van der Waals surface area (Å²) in [5.41, 5.74) is 3.94. The minimum atomic E-state index is -5.11. The Morgan fingerprint density at radius 3 is 1.66 bits per heavy atom. The molecule has 0 heterocycles. The van der Waals surface area contributed by atoms with Crippen molar-refractivity contribution in [3.8, 4) is 0 Å². The summed E-state index contributed by atoms with van der Waals surface area (Å²) in [5.74, 6) is 0. The van der Waals surface area contributed by atoms with Gasteiger partial charge in [-0.25, -0.2) is 0 Å². The number of hydrogen-bond donors (Lipinski definition) is 0. The van der Waals surface area contributed by atoms with Crippen LogP contribution in [0, 0.1) is 0 Å². The first-order valence-electron chi connectivity index (χ1n) is 10.8. The smallest absolute Gasteiger partial charge is 0.810 e. The Morgan fingerprint density at radius 1 is 0.812 bits per heavy atom.